The summed E-state index contributed by atoms with van der Waals surface area (Å²) in [5.74, 6) is 0.822. The number of aromatic nitrogens is 3. The molecule has 0 aromatic carbocycles. The Morgan fingerprint density at radius 2 is 1.73 bits per heavy atom. The molecule has 2 aromatic heterocycles. The summed E-state index contributed by atoms with van der Waals surface area (Å²) >= 11 is 4.14. The second kappa shape index (κ2) is 6.14. The molecule has 15 heavy (non-hydrogen) atoms. The first-order valence-corrected chi connectivity index (χ1v) is 4.98. The molecular formula is C11H13N3S. The molecule has 2 heterocycles. The summed E-state index contributed by atoms with van der Waals surface area (Å²) in [6.45, 7) is 3.87. The highest BCUT2D eigenvalue weighted by atomic mass is 32.1. The van der Waals surface area contributed by atoms with E-state index in [0.717, 1.165) is 10.7 Å². The van der Waals surface area contributed by atoms with Gasteiger partial charge in [0.2, 0.25) is 0 Å². The molecule has 0 N–H and O–H groups in total. The molecule has 0 unspecified atom stereocenters. The lowest BCUT2D eigenvalue weighted by Gasteiger charge is -1.91. The van der Waals surface area contributed by atoms with Gasteiger partial charge in [-0.25, -0.2) is 9.97 Å². The molecule has 0 aliphatic heterocycles. The molecule has 0 amide bonds. The number of aryl methyl sites for hydroxylation is 2. The minimum absolute atomic E-state index is 0.822. The van der Waals surface area contributed by atoms with E-state index in [9.17, 15) is 0 Å². The molecule has 0 aliphatic rings. The van der Waals surface area contributed by atoms with Crippen LogP contribution >= 0.6 is 12.6 Å². The van der Waals surface area contributed by atoms with Gasteiger partial charge in [-0.15, -0.1) is 12.6 Å². The number of hydrogen-bond acceptors (Lipinski definition) is 4. The van der Waals surface area contributed by atoms with Gasteiger partial charge >= 0.3 is 0 Å². The van der Waals surface area contributed by atoms with Crippen molar-refractivity contribution in [1.82, 2.24) is 15.0 Å². The topological polar surface area (TPSA) is 38.7 Å². The summed E-state index contributed by atoms with van der Waals surface area (Å²) in [5, 5.41) is 0. The lowest BCUT2D eigenvalue weighted by molar-refractivity contribution is 1.05. The van der Waals surface area contributed by atoms with Crippen molar-refractivity contribution < 1.29 is 0 Å². The quantitative estimate of drug-likeness (QED) is 0.692. The first-order valence-electron chi connectivity index (χ1n) is 4.53. The van der Waals surface area contributed by atoms with E-state index in [1.165, 1.54) is 5.56 Å². The van der Waals surface area contributed by atoms with Gasteiger partial charge in [-0.1, -0.05) is 0 Å². The second-order valence-electron chi connectivity index (χ2n) is 2.96. The van der Waals surface area contributed by atoms with Crippen LogP contribution in [0.3, 0.4) is 0 Å². The fraction of sp³-hybridized carbons (Fsp3) is 0.182. The maximum Gasteiger partial charge on any atom is 0.125 e. The predicted octanol–water partition coefficient (Wildman–Crippen LogP) is 2.46. The third-order valence-corrected chi connectivity index (χ3v) is 2.17. The molecule has 0 atom stereocenters. The fourth-order valence-corrected chi connectivity index (χ4v) is 0.970. The largest absolute Gasteiger partial charge is 0.264 e. The molecule has 0 radical (unpaired) electrons. The molecule has 4 heteroatoms. The Hall–Kier alpha value is -1.42. The van der Waals surface area contributed by atoms with Crippen LogP contribution in [0.4, 0.5) is 0 Å². The SMILES string of the molecule is Cc1ccncc1S.Cc1ncccn1. The zero-order valence-corrected chi connectivity index (χ0v) is 9.65. The van der Waals surface area contributed by atoms with Crippen LogP contribution in [-0.2, 0) is 0 Å². The van der Waals surface area contributed by atoms with Crippen molar-refractivity contribution in [3.8, 4) is 0 Å². The number of pyridine rings is 1. The molecule has 2 aromatic rings. The van der Waals surface area contributed by atoms with E-state index in [-0.39, 0.29) is 0 Å². The van der Waals surface area contributed by atoms with Crippen molar-refractivity contribution in [3.05, 3.63) is 48.3 Å². The van der Waals surface area contributed by atoms with Gasteiger partial charge in [-0.3, -0.25) is 4.98 Å². The fourth-order valence-electron chi connectivity index (χ4n) is 0.829. The first kappa shape index (κ1) is 11.7. The van der Waals surface area contributed by atoms with E-state index >= 15 is 0 Å². The molecule has 0 bridgehead atoms. The Morgan fingerprint density at radius 1 is 1.07 bits per heavy atom. The van der Waals surface area contributed by atoms with Crippen molar-refractivity contribution in [3.63, 3.8) is 0 Å². The van der Waals surface area contributed by atoms with Gasteiger partial charge in [-0.05, 0) is 31.5 Å². The summed E-state index contributed by atoms with van der Waals surface area (Å²) in [5.41, 5.74) is 1.17. The Kier molecular flexibility index (Phi) is 4.77. The maximum atomic E-state index is 4.14. The van der Waals surface area contributed by atoms with Crippen molar-refractivity contribution in [2.24, 2.45) is 0 Å². The highest BCUT2D eigenvalue weighted by molar-refractivity contribution is 7.80. The first-order chi connectivity index (χ1) is 7.20. The Labute approximate surface area is 95.0 Å². The molecule has 0 fully saturated rings. The highest BCUT2D eigenvalue weighted by Crippen LogP contribution is 2.07. The van der Waals surface area contributed by atoms with Crippen LogP contribution in [0, 0.1) is 13.8 Å². The molecule has 3 nitrogen and oxygen atoms in total. The number of rotatable bonds is 0. The van der Waals surface area contributed by atoms with Crippen LogP contribution < -0.4 is 0 Å². The zero-order chi connectivity index (χ0) is 11.1. The summed E-state index contributed by atoms with van der Waals surface area (Å²) in [6.07, 6.45) is 6.94. The molecule has 0 aliphatic carbocycles. The molecule has 0 spiro atoms. The van der Waals surface area contributed by atoms with E-state index in [0.29, 0.717) is 0 Å². The van der Waals surface area contributed by atoms with Crippen LogP contribution in [-0.4, -0.2) is 15.0 Å². The zero-order valence-electron chi connectivity index (χ0n) is 8.75. The summed E-state index contributed by atoms with van der Waals surface area (Å²) in [4.78, 5) is 12.6. The van der Waals surface area contributed by atoms with Crippen LogP contribution in [0.2, 0.25) is 0 Å². The third-order valence-electron chi connectivity index (χ3n) is 1.71. The van der Waals surface area contributed by atoms with E-state index < -0.39 is 0 Å². The molecule has 0 saturated heterocycles. The second-order valence-corrected chi connectivity index (χ2v) is 3.44. The molecule has 2 rings (SSSR count). The minimum atomic E-state index is 0.822. The van der Waals surface area contributed by atoms with Crippen molar-refractivity contribution >= 4 is 12.6 Å². The van der Waals surface area contributed by atoms with E-state index in [4.69, 9.17) is 0 Å². The lowest BCUT2D eigenvalue weighted by Crippen LogP contribution is -1.80. The monoisotopic (exact) mass is 219 g/mol. The average molecular weight is 219 g/mol. The lowest BCUT2D eigenvalue weighted by atomic mass is 10.3. The van der Waals surface area contributed by atoms with Gasteiger partial charge in [0.15, 0.2) is 0 Å². The van der Waals surface area contributed by atoms with Crippen molar-refractivity contribution in [2.45, 2.75) is 18.7 Å². The molecule has 78 valence electrons. The summed E-state index contributed by atoms with van der Waals surface area (Å²) < 4.78 is 0. The third kappa shape index (κ3) is 4.56. The van der Waals surface area contributed by atoms with Crippen molar-refractivity contribution in [1.29, 1.82) is 0 Å². The van der Waals surface area contributed by atoms with Crippen LogP contribution in [0.15, 0.2) is 41.8 Å². The molecule has 0 saturated carbocycles. The Bertz CT molecular complexity index is 383. The standard InChI is InChI=1S/C6H7NS.C5H6N2/c1-5-2-3-7-4-6(5)8;1-5-6-3-2-4-7-5/h2-4,8H,1H3;2-4H,1H3. The normalized spacial score (nSPS) is 9.00. The van der Waals surface area contributed by atoms with Crippen LogP contribution in [0.1, 0.15) is 11.4 Å². The number of hydrogen-bond donors (Lipinski definition) is 1. The van der Waals surface area contributed by atoms with E-state index in [1.807, 2.05) is 19.9 Å². The summed E-state index contributed by atoms with van der Waals surface area (Å²) in [6, 6.07) is 3.73. The van der Waals surface area contributed by atoms with Gasteiger partial charge in [0.1, 0.15) is 5.82 Å². The van der Waals surface area contributed by atoms with Gasteiger partial charge in [0.25, 0.3) is 0 Å². The summed E-state index contributed by atoms with van der Waals surface area (Å²) in [7, 11) is 0. The number of nitrogens with zero attached hydrogens (tertiary/aromatic N) is 3. The highest BCUT2D eigenvalue weighted by Gasteiger charge is 1.86. The van der Waals surface area contributed by atoms with Gasteiger partial charge < -0.3 is 0 Å². The van der Waals surface area contributed by atoms with Crippen LogP contribution in [0.25, 0.3) is 0 Å². The Balaban J connectivity index is 0.000000151. The smallest absolute Gasteiger partial charge is 0.125 e. The van der Waals surface area contributed by atoms with Gasteiger partial charge in [-0.2, -0.15) is 0 Å². The van der Waals surface area contributed by atoms with Crippen molar-refractivity contribution in [2.75, 3.05) is 0 Å². The number of thiol groups is 1. The van der Waals surface area contributed by atoms with Crippen LogP contribution in [0.5, 0.6) is 0 Å². The van der Waals surface area contributed by atoms with Gasteiger partial charge in [0.05, 0.1) is 0 Å². The maximum absolute atomic E-state index is 4.14. The van der Waals surface area contributed by atoms with E-state index in [2.05, 4.69) is 27.6 Å². The van der Waals surface area contributed by atoms with Gasteiger partial charge in [0, 0.05) is 29.7 Å². The molecular weight excluding hydrogens is 206 g/mol. The Morgan fingerprint density at radius 3 is 2.07 bits per heavy atom. The predicted molar refractivity (Wildman–Crippen MR) is 63.0 cm³/mol. The van der Waals surface area contributed by atoms with E-state index in [1.54, 1.807) is 30.9 Å². The average Bonchev–Trinajstić information content (AvgIpc) is 2.25. The minimum Gasteiger partial charge on any atom is -0.264 e.